The van der Waals surface area contributed by atoms with Gasteiger partial charge in [0.15, 0.2) is 5.96 Å². The Balaban J connectivity index is 0.00000529. The van der Waals surface area contributed by atoms with E-state index in [0.717, 1.165) is 64.6 Å². The summed E-state index contributed by atoms with van der Waals surface area (Å²) in [5.74, 6) is 1.78. The van der Waals surface area contributed by atoms with Crippen LogP contribution in [-0.4, -0.2) is 63.5 Å². The Bertz CT molecular complexity index is 317. The molecule has 1 N–H and O–H groups in total. The summed E-state index contributed by atoms with van der Waals surface area (Å²) in [6.07, 6.45) is 5.96. The molecule has 0 spiro atoms. The molecule has 0 aliphatic carbocycles. The zero-order valence-corrected chi connectivity index (χ0v) is 18.4. The number of hydrogen-bond donors (Lipinski definition) is 1. The van der Waals surface area contributed by atoms with E-state index >= 15 is 0 Å². The quantitative estimate of drug-likeness (QED) is 0.237. The zero-order chi connectivity index (χ0) is 16.9. The van der Waals surface area contributed by atoms with Gasteiger partial charge >= 0.3 is 0 Å². The lowest BCUT2D eigenvalue weighted by molar-refractivity contribution is 0.00989. The van der Waals surface area contributed by atoms with Crippen LogP contribution >= 0.6 is 24.0 Å². The second-order valence-corrected chi connectivity index (χ2v) is 6.28. The summed E-state index contributed by atoms with van der Waals surface area (Å²) in [6.45, 7) is 12.2. The van der Waals surface area contributed by atoms with E-state index < -0.39 is 0 Å². The van der Waals surface area contributed by atoms with Crippen LogP contribution in [0.3, 0.4) is 0 Å². The number of nitrogens with one attached hydrogen (secondary N) is 1. The second kappa shape index (κ2) is 15.2. The van der Waals surface area contributed by atoms with Crippen LogP contribution in [-0.2, 0) is 9.47 Å². The number of guanidine groups is 1. The molecule has 1 fully saturated rings. The van der Waals surface area contributed by atoms with Crippen LogP contribution in [0.25, 0.3) is 0 Å². The van der Waals surface area contributed by atoms with Crippen molar-refractivity contribution in [2.45, 2.75) is 59.0 Å². The number of likely N-dealkylation sites (tertiary alicyclic amines) is 1. The molecule has 1 aliphatic heterocycles. The van der Waals surface area contributed by atoms with Crippen LogP contribution in [0, 0.1) is 5.92 Å². The third-order valence-corrected chi connectivity index (χ3v) is 4.58. The molecule has 1 rings (SSSR count). The van der Waals surface area contributed by atoms with E-state index in [1.54, 1.807) is 7.11 Å². The summed E-state index contributed by atoms with van der Waals surface area (Å²) in [4.78, 5) is 7.25. The highest BCUT2D eigenvalue weighted by Crippen LogP contribution is 2.15. The molecule has 0 radical (unpaired) electrons. The fourth-order valence-electron chi connectivity index (χ4n) is 2.88. The van der Waals surface area contributed by atoms with E-state index in [9.17, 15) is 0 Å². The predicted molar refractivity (Wildman–Crippen MR) is 113 cm³/mol. The van der Waals surface area contributed by atoms with Crippen LogP contribution in [0.1, 0.15) is 52.9 Å². The highest BCUT2D eigenvalue weighted by Gasteiger charge is 2.21. The first-order chi connectivity index (χ1) is 11.2. The van der Waals surface area contributed by atoms with Crippen LogP contribution in [0.4, 0.5) is 0 Å². The number of methoxy groups -OCH3 is 1. The molecule has 5 nitrogen and oxygen atoms in total. The third kappa shape index (κ3) is 9.42. The van der Waals surface area contributed by atoms with Crippen molar-refractivity contribution in [3.8, 4) is 0 Å². The summed E-state index contributed by atoms with van der Waals surface area (Å²) in [6, 6.07) is 0. The van der Waals surface area contributed by atoms with Crippen LogP contribution < -0.4 is 5.32 Å². The molecule has 0 saturated carbocycles. The minimum atomic E-state index is 0. The maximum atomic E-state index is 5.94. The van der Waals surface area contributed by atoms with E-state index in [1.807, 2.05) is 0 Å². The van der Waals surface area contributed by atoms with E-state index in [-0.39, 0.29) is 24.0 Å². The molecule has 0 amide bonds. The SMILES string of the molecule is CCNC(=NCC(CC)CC)N1CCC(OCCCOC)CC1.I. The number of ether oxygens (including phenoxy) is 2. The molecule has 0 unspecified atom stereocenters. The molecule has 0 aromatic rings. The van der Waals surface area contributed by atoms with Gasteiger partial charge in [0.05, 0.1) is 6.10 Å². The Morgan fingerprint density at radius 2 is 1.83 bits per heavy atom. The first-order valence-corrected chi connectivity index (χ1v) is 9.38. The van der Waals surface area contributed by atoms with Crippen molar-refractivity contribution in [2.75, 3.05) is 46.5 Å². The molecule has 144 valence electrons. The maximum Gasteiger partial charge on any atom is 0.193 e. The Labute approximate surface area is 166 Å². The summed E-state index contributed by atoms with van der Waals surface area (Å²) in [5, 5.41) is 3.45. The Kier molecular flexibility index (Phi) is 15.1. The van der Waals surface area contributed by atoms with Crippen molar-refractivity contribution >= 4 is 29.9 Å². The van der Waals surface area contributed by atoms with Crippen LogP contribution in [0.5, 0.6) is 0 Å². The topological polar surface area (TPSA) is 46.1 Å². The van der Waals surface area contributed by atoms with Crippen molar-refractivity contribution in [2.24, 2.45) is 10.9 Å². The van der Waals surface area contributed by atoms with E-state index in [2.05, 4.69) is 31.0 Å². The summed E-state index contributed by atoms with van der Waals surface area (Å²) >= 11 is 0. The van der Waals surface area contributed by atoms with E-state index in [1.165, 1.54) is 12.8 Å². The molecule has 1 saturated heterocycles. The van der Waals surface area contributed by atoms with Crippen molar-refractivity contribution < 1.29 is 9.47 Å². The van der Waals surface area contributed by atoms with Gasteiger partial charge in [0, 0.05) is 46.5 Å². The molecule has 0 bridgehead atoms. The normalized spacial score (nSPS) is 16.4. The Morgan fingerprint density at radius 3 is 2.38 bits per heavy atom. The Hall–Kier alpha value is -0.0800. The molecule has 24 heavy (non-hydrogen) atoms. The van der Waals surface area contributed by atoms with Crippen LogP contribution in [0.2, 0.25) is 0 Å². The van der Waals surface area contributed by atoms with Gasteiger partial charge in [-0.1, -0.05) is 26.7 Å². The number of rotatable bonds is 10. The van der Waals surface area contributed by atoms with Gasteiger partial charge in [-0.15, -0.1) is 24.0 Å². The summed E-state index contributed by atoms with van der Waals surface area (Å²) < 4.78 is 11.0. The molecule has 1 aliphatic rings. The lowest BCUT2D eigenvalue weighted by Gasteiger charge is -2.34. The first-order valence-electron chi connectivity index (χ1n) is 9.38. The number of nitrogens with zero attached hydrogens (tertiary/aromatic N) is 2. The monoisotopic (exact) mass is 455 g/mol. The van der Waals surface area contributed by atoms with Gasteiger partial charge in [0.2, 0.25) is 0 Å². The van der Waals surface area contributed by atoms with Gasteiger partial charge in [0.25, 0.3) is 0 Å². The first kappa shape index (κ1) is 23.9. The van der Waals surface area contributed by atoms with E-state index in [4.69, 9.17) is 14.5 Å². The second-order valence-electron chi connectivity index (χ2n) is 6.28. The largest absolute Gasteiger partial charge is 0.385 e. The average Bonchev–Trinajstić information content (AvgIpc) is 2.59. The fourth-order valence-corrected chi connectivity index (χ4v) is 2.88. The molecule has 0 atom stereocenters. The number of hydrogen-bond acceptors (Lipinski definition) is 3. The lowest BCUT2D eigenvalue weighted by Crippen LogP contribution is -2.47. The zero-order valence-electron chi connectivity index (χ0n) is 16.1. The summed E-state index contributed by atoms with van der Waals surface area (Å²) in [5.41, 5.74) is 0. The molecular weight excluding hydrogens is 417 g/mol. The maximum absolute atomic E-state index is 5.94. The van der Waals surface area contributed by atoms with Gasteiger partial charge < -0.3 is 19.7 Å². The van der Waals surface area contributed by atoms with Gasteiger partial charge in [-0.25, -0.2) is 0 Å². The standard InChI is InChI=1S/C18H37N3O2.HI/c1-5-16(6-2)15-20-18(19-7-3)21-11-9-17(10-12-21)23-14-8-13-22-4;/h16-17H,5-15H2,1-4H3,(H,19,20);1H. The van der Waals surface area contributed by atoms with Gasteiger partial charge in [-0.05, 0) is 32.1 Å². The van der Waals surface area contributed by atoms with Crippen molar-refractivity contribution in [1.29, 1.82) is 0 Å². The lowest BCUT2D eigenvalue weighted by atomic mass is 10.0. The van der Waals surface area contributed by atoms with E-state index in [0.29, 0.717) is 12.0 Å². The third-order valence-electron chi connectivity index (χ3n) is 4.58. The van der Waals surface area contributed by atoms with Crippen molar-refractivity contribution in [3.05, 3.63) is 0 Å². The number of halogens is 1. The van der Waals surface area contributed by atoms with Gasteiger partial charge in [-0.3, -0.25) is 4.99 Å². The average molecular weight is 455 g/mol. The summed E-state index contributed by atoms with van der Waals surface area (Å²) in [7, 11) is 1.74. The van der Waals surface area contributed by atoms with Crippen LogP contribution in [0.15, 0.2) is 4.99 Å². The minimum Gasteiger partial charge on any atom is -0.385 e. The number of piperidine rings is 1. The molecular formula is C18H38IN3O2. The fraction of sp³-hybridized carbons (Fsp3) is 0.944. The Morgan fingerprint density at radius 1 is 1.17 bits per heavy atom. The molecule has 6 heteroatoms. The molecule has 0 aromatic heterocycles. The predicted octanol–water partition coefficient (Wildman–Crippen LogP) is 3.52. The molecule has 0 aromatic carbocycles. The smallest absolute Gasteiger partial charge is 0.193 e. The minimum absolute atomic E-state index is 0. The highest BCUT2D eigenvalue weighted by molar-refractivity contribution is 14.0. The van der Waals surface area contributed by atoms with Gasteiger partial charge in [0.1, 0.15) is 0 Å². The van der Waals surface area contributed by atoms with Gasteiger partial charge in [-0.2, -0.15) is 0 Å². The molecule has 1 heterocycles. The number of aliphatic imine (C=N–C) groups is 1. The van der Waals surface area contributed by atoms with Crippen molar-refractivity contribution in [3.63, 3.8) is 0 Å². The highest BCUT2D eigenvalue weighted by atomic mass is 127. The van der Waals surface area contributed by atoms with Crippen molar-refractivity contribution in [1.82, 2.24) is 10.2 Å².